The molecule has 21 heavy (non-hydrogen) atoms. The molecular weight excluding hydrogens is 290 g/mol. The highest BCUT2D eigenvalue weighted by Crippen LogP contribution is 2.37. The lowest BCUT2D eigenvalue weighted by molar-refractivity contribution is -0.137. The summed E-state index contributed by atoms with van der Waals surface area (Å²) in [5.41, 5.74) is -1.45. The zero-order valence-corrected chi connectivity index (χ0v) is 10.5. The van der Waals surface area contributed by atoms with E-state index in [2.05, 4.69) is 4.98 Å². The van der Waals surface area contributed by atoms with Crippen molar-refractivity contribution < 1.29 is 27.5 Å². The topological polar surface area (TPSA) is 50.2 Å². The average molecular weight is 299 g/mol. The molecule has 7 heteroatoms. The van der Waals surface area contributed by atoms with Gasteiger partial charge in [-0.05, 0) is 23.8 Å². The van der Waals surface area contributed by atoms with Crippen molar-refractivity contribution in [1.29, 1.82) is 0 Å². The number of alkyl halides is 3. The molecule has 0 atom stereocenters. The molecular formula is C14H9F4NO2. The van der Waals surface area contributed by atoms with Crippen molar-refractivity contribution in [3.63, 3.8) is 0 Å². The lowest BCUT2D eigenvalue weighted by atomic mass is 9.97. The number of aliphatic carboxylic acids is 1. The quantitative estimate of drug-likeness (QED) is 0.696. The van der Waals surface area contributed by atoms with Crippen molar-refractivity contribution in [2.45, 2.75) is 12.6 Å². The van der Waals surface area contributed by atoms with Crippen molar-refractivity contribution in [1.82, 2.24) is 4.98 Å². The highest BCUT2D eigenvalue weighted by molar-refractivity contribution is 5.76. The summed E-state index contributed by atoms with van der Waals surface area (Å²) < 4.78 is 52.1. The van der Waals surface area contributed by atoms with Crippen molar-refractivity contribution in [3.8, 4) is 11.1 Å². The van der Waals surface area contributed by atoms with E-state index in [9.17, 15) is 22.4 Å². The number of carboxylic acid groups (broad SMARTS) is 1. The van der Waals surface area contributed by atoms with Gasteiger partial charge in [-0.1, -0.05) is 18.2 Å². The Labute approximate surface area is 116 Å². The van der Waals surface area contributed by atoms with Gasteiger partial charge in [-0.25, -0.2) is 4.98 Å². The fourth-order valence-corrected chi connectivity index (χ4v) is 1.96. The summed E-state index contributed by atoms with van der Waals surface area (Å²) >= 11 is 0. The molecule has 110 valence electrons. The van der Waals surface area contributed by atoms with E-state index in [0.29, 0.717) is 0 Å². The SMILES string of the molecule is O=C(O)Cc1nc(F)ccc1-c1ccccc1C(F)(F)F. The normalized spacial score (nSPS) is 11.4. The minimum atomic E-state index is -4.61. The fraction of sp³-hybridized carbons (Fsp3) is 0.143. The van der Waals surface area contributed by atoms with Gasteiger partial charge in [-0.2, -0.15) is 17.6 Å². The average Bonchev–Trinajstić information content (AvgIpc) is 2.37. The fourth-order valence-electron chi connectivity index (χ4n) is 1.96. The molecule has 0 aliphatic rings. The molecule has 0 saturated heterocycles. The molecule has 1 aromatic heterocycles. The van der Waals surface area contributed by atoms with Crippen molar-refractivity contribution in [2.75, 3.05) is 0 Å². The summed E-state index contributed by atoms with van der Waals surface area (Å²) in [6, 6.07) is 6.68. The number of nitrogens with zero attached hydrogens (tertiary/aromatic N) is 1. The predicted molar refractivity (Wildman–Crippen MR) is 66.0 cm³/mol. The standard InChI is InChI=1S/C14H9F4NO2/c15-12-6-5-9(11(19-12)7-13(20)21)8-3-1-2-4-10(8)14(16,17)18/h1-6H,7H2,(H,20,21). The van der Waals surface area contributed by atoms with Gasteiger partial charge in [0.1, 0.15) is 0 Å². The molecule has 3 nitrogen and oxygen atoms in total. The van der Waals surface area contributed by atoms with E-state index in [0.717, 1.165) is 18.2 Å². The first-order chi connectivity index (χ1) is 9.79. The summed E-state index contributed by atoms with van der Waals surface area (Å²) in [6.45, 7) is 0. The first kappa shape index (κ1) is 15.0. The lowest BCUT2D eigenvalue weighted by Gasteiger charge is -2.14. The zero-order valence-electron chi connectivity index (χ0n) is 10.5. The molecule has 0 bridgehead atoms. The van der Waals surface area contributed by atoms with E-state index in [-0.39, 0.29) is 16.8 Å². The Hall–Kier alpha value is -2.44. The Morgan fingerprint density at radius 3 is 2.38 bits per heavy atom. The van der Waals surface area contributed by atoms with E-state index in [4.69, 9.17) is 5.11 Å². The molecule has 0 radical (unpaired) electrons. The van der Waals surface area contributed by atoms with Gasteiger partial charge in [-0.3, -0.25) is 4.79 Å². The van der Waals surface area contributed by atoms with E-state index in [1.807, 2.05) is 0 Å². The van der Waals surface area contributed by atoms with Gasteiger partial charge in [0, 0.05) is 5.56 Å². The lowest BCUT2D eigenvalue weighted by Crippen LogP contribution is -2.10. The van der Waals surface area contributed by atoms with E-state index >= 15 is 0 Å². The first-order valence-electron chi connectivity index (χ1n) is 5.83. The van der Waals surface area contributed by atoms with Gasteiger partial charge in [0.05, 0.1) is 17.7 Å². The van der Waals surface area contributed by atoms with E-state index in [1.54, 1.807) is 0 Å². The van der Waals surface area contributed by atoms with Crippen LogP contribution in [-0.4, -0.2) is 16.1 Å². The monoisotopic (exact) mass is 299 g/mol. The molecule has 0 aliphatic heterocycles. The van der Waals surface area contributed by atoms with E-state index < -0.39 is 30.1 Å². The highest BCUT2D eigenvalue weighted by atomic mass is 19.4. The Balaban J connectivity index is 2.65. The summed E-state index contributed by atoms with van der Waals surface area (Å²) in [6.07, 6.45) is -5.27. The summed E-state index contributed by atoms with van der Waals surface area (Å²) in [5.74, 6) is -2.25. The molecule has 1 heterocycles. The van der Waals surface area contributed by atoms with Crippen molar-refractivity contribution >= 4 is 5.97 Å². The van der Waals surface area contributed by atoms with Crippen LogP contribution in [0.5, 0.6) is 0 Å². The van der Waals surface area contributed by atoms with Crippen LogP contribution in [0.25, 0.3) is 11.1 Å². The first-order valence-corrected chi connectivity index (χ1v) is 5.83. The Kier molecular flexibility index (Phi) is 3.93. The van der Waals surface area contributed by atoms with Crippen molar-refractivity contribution in [2.24, 2.45) is 0 Å². The number of carbonyl (C=O) groups is 1. The van der Waals surface area contributed by atoms with Gasteiger partial charge in [0.25, 0.3) is 0 Å². The largest absolute Gasteiger partial charge is 0.481 e. The second-order valence-electron chi connectivity index (χ2n) is 4.24. The van der Waals surface area contributed by atoms with Crippen molar-refractivity contribution in [3.05, 3.63) is 53.6 Å². The Bertz CT molecular complexity index is 683. The minimum Gasteiger partial charge on any atom is -0.481 e. The van der Waals surface area contributed by atoms with Gasteiger partial charge < -0.3 is 5.11 Å². The number of hydrogen-bond donors (Lipinski definition) is 1. The van der Waals surface area contributed by atoms with E-state index in [1.165, 1.54) is 18.2 Å². The van der Waals surface area contributed by atoms with Crippen LogP contribution in [0.3, 0.4) is 0 Å². The number of rotatable bonds is 3. The molecule has 1 N–H and O–H groups in total. The van der Waals surface area contributed by atoms with Crippen LogP contribution in [0.4, 0.5) is 17.6 Å². The summed E-state index contributed by atoms with van der Waals surface area (Å²) in [5, 5.41) is 8.77. The predicted octanol–water partition coefficient (Wildman–Crippen LogP) is 3.53. The third-order valence-electron chi connectivity index (χ3n) is 2.78. The smallest absolute Gasteiger partial charge is 0.417 e. The molecule has 0 spiro atoms. The number of benzene rings is 1. The maximum Gasteiger partial charge on any atom is 0.417 e. The maximum absolute atomic E-state index is 13.1. The van der Waals surface area contributed by atoms with Crippen LogP contribution in [-0.2, 0) is 17.4 Å². The highest BCUT2D eigenvalue weighted by Gasteiger charge is 2.34. The van der Waals surface area contributed by atoms with Crippen LogP contribution in [0.15, 0.2) is 36.4 Å². The number of hydrogen-bond acceptors (Lipinski definition) is 2. The molecule has 1 aromatic carbocycles. The second-order valence-corrected chi connectivity index (χ2v) is 4.24. The Morgan fingerprint density at radius 2 is 1.76 bits per heavy atom. The van der Waals surface area contributed by atoms with Gasteiger partial charge in [0.15, 0.2) is 0 Å². The zero-order chi connectivity index (χ0) is 15.6. The van der Waals surface area contributed by atoms with Crippen LogP contribution >= 0.6 is 0 Å². The number of carboxylic acids is 1. The Morgan fingerprint density at radius 1 is 1.10 bits per heavy atom. The third kappa shape index (κ3) is 3.36. The molecule has 0 saturated carbocycles. The van der Waals surface area contributed by atoms with Crippen LogP contribution in [0.1, 0.15) is 11.3 Å². The van der Waals surface area contributed by atoms with Gasteiger partial charge in [0.2, 0.25) is 5.95 Å². The summed E-state index contributed by atoms with van der Waals surface area (Å²) in [7, 11) is 0. The maximum atomic E-state index is 13.1. The van der Waals surface area contributed by atoms with Crippen LogP contribution < -0.4 is 0 Å². The van der Waals surface area contributed by atoms with Crippen LogP contribution in [0.2, 0.25) is 0 Å². The molecule has 0 amide bonds. The molecule has 0 unspecified atom stereocenters. The van der Waals surface area contributed by atoms with Gasteiger partial charge in [-0.15, -0.1) is 0 Å². The minimum absolute atomic E-state index is 0.0493. The summed E-state index contributed by atoms with van der Waals surface area (Å²) in [4.78, 5) is 14.2. The number of halogens is 4. The third-order valence-corrected chi connectivity index (χ3v) is 2.78. The second kappa shape index (κ2) is 5.51. The molecule has 2 rings (SSSR count). The van der Waals surface area contributed by atoms with Gasteiger partial charge >= 0.3 is 12.1 Å². The molecule has 2 aromatic rings. The molecule has 0 fully saturated rings. The van der Waals surface area contributed by atoms with Crippen LogP contribution in [0, 0.1) is 5.95 Å². The number of pyridine rings is 1. The molecule has 0 aliphatic carbocycles. The number of aromatic nitrogens is 1.